The van der Waals surface area contributed by atoms with Crippen molar-refractivity contribution < 1.29 is 13.2 Å². The second-order valence-electron chi connectivity index (χ2n) is 6.66. The number of hydrogen-bond donors (Lipinski definition) is 3. The van der Waals surface area contributed by atoms with Crippen molar-refractivity contribution in [3.8, 4) is 11.3 Å². The van der Waals surface area contributed by atoms with E-state index in [9.17, 15) is 13.2 Å². The van der Waals surface area contributed by atoms with Crippen molar-refractivity contribution in [1.82, 2.24) is 20.0 Å². The summed E-state index contributed by atoms with van der Waals surface area (Å²) >= 11 is 0. The number of carbonyl (C=O) groups is 1. The number of H-pyrrole nitrogens is 1. The number of carbonyl (C=O) groups excluding carboxylic acids is 1. The summed E-state index contributed by atoms with van der Waals surface area (Å²) in [6, 6.07) is 15.0. The van der Waals surface area contributed by atoms with Gasteiger partial charge in [-0.15, -0.1) is 6.58 Å². The van der Waals surface area contributed by atoms with E-state index in [1.807, 2.05) is 37.3 Å². The molecule has 1 amide bonds. The van der Waals surface area contributed by atoms with Gasteiger partial charge in [0.15, 0.2) is 0 Å². The van der Waals surface area contributed by atoms with Crippen LogP contribution in [0.5, 0.6) is 0 Å². The molecule has 8 heteroatoms. The Labute approximate surface area is 176 Å². The summed E-state index contributed by atoms with van der Waals surface area (Å²) < 4.78 is 28.6. The molecule has 3 N–H and O–H groups in total. The Morgan fingerprint density at radius 2 is 1.97 bits per heavy atom. The van der Waals surface area contributed by atoms with E-state index in [2.05, 4.69) is 26.6 Å². The molecule has 0 saturated heterocycles. The largest absolute Gasteiger partial charge is 0.349 e. The van der Waals surface area contributed by atoms with Crippen LogP contribution in [0.3, 0.4) is 0 Å². The number of amides is 1. The first kappa shape index (κ1) is 21.5. The summed E-state index contributed by atoms with van der Waals surface area (Å²) in [6.07, 6.45) is 3.74. The van der Waals surface area contributed by atoms with Crippen LogP contribution in [0.4, 0.5) is 0 Å². The van der Waals surface area contributed by atoms with Crippen LogP contribution in [-0.2, 0) is 10.0 Å². The minimum Gasteiger partial charge on any atom is -0.349 e. The fraction of sp³-hybridized carbons (Fsp3) is 0.182. The van der Waals surface area contributed by atoms with Gasteiger partial charge in [-0.1, -0.05) is 49.4 Å². The van der Waals surface area contributed by atoms with Gasteiger partial charge in [0.2, 0.25) is 10.0 Å². The summed E-state index contributed by atoms with van der Waals surface area (Å²) in [5.41, 5.74) is 2.04. The molecule has 1 atom stereocenters. The van der Waals surface area contributed by atoms with E-state index in [0.717, 1.165) is 11.3 Å². The molecule has 0 aliphatic heterocycles. The molecule has 0 aliphatic carbocycles. The molecule has 2 aromatic carbocycles. The van der Waals surface area contributed by atoms with E-state index in [1.54, 1.807) is 24.4 Å². The molecule has 0 aliphatic rings. The summed E-state index contributed by atoms with van der Waals surface area (Å²) in [4.78, 5) is 19.7. The molecule has 0 saturated carbocycles. The van der Waals surface area contributed by atoms with Crippen molar-refractivity contribution in [3.05, 3.63) is 84.8 Å². The van der Waals surface area contributed by atoms with Crippen LogP contribution in [0, 0.1) is 0 Å². The fourth-order valence-corrected chi connectivity index (χ4v) is 4.27. The SMILES string of the molecule is C=CCNC(=O)c1cccc(S(=O)(=O)NC(CC)c2ncc(-c3ccccc3)[nH]2)c1. The molecule has 1 unspecified atom stereocenters. The standard InChI is InChI=1S/C22H24N4O3S/c1-3-13-23-22(27)17-11-8-12-18(14-17)30(28,29)26-19(4-2)21-24-15-20(25-21)16-9-6-5-7-10-16/h3,5-12,14-15,19,26H,1,4,13H2,2H3,(H,23,27)(H,24,25). The van der Waals surface area contributed by atoms with Gasteiger partial charge < -0.3 is 10.3 Å². The van der Waals surface area contributed by atoms with Crippen molar-refractivity contribution in [2.24, 2.45) is 0 Å². The first-order valence-electron chi connectivity index (χ1n) is 9.56. The Kier molecular flexibility index (Phi) is 6.81. The first-order valence-corrected chi connectivity index (χ1v) is 11.0. The minimum absolute atomic E-state index is 0.0158. The third-order valence-electron chi connectivity index (χ3n) is 4.53. The van der Waals surface area contributed by atoms with E-state index < -0.39 is 16.1 Å². The van der Waals surface area contributed by atoms with Gasteiger partial charge in [0.05, 0.1) is 22.8 Å². The highest BCUT2D eigenvalue weighted by molar-refractivity contribution is 7.89. The first-order chi connectivity index (χ1) is 14.4. The number of aromatic amines is 1. The number of aromatic nitrogens is 2. The lowest BCUT2D eigenvalue weighted by atomic mass is 10.2. The van der Waals surface area contributed by atoms with Gasteiger partial charge in [0.25, 0.3) is 5.91 Å². The fourth-order valence-electron chi connectivity index (χ4n) is 2.94. The summed E-state index contributed by atoms with van der Waals surface area (Å²) in [5, 5.41) is 2.64. The highest BCUT2D eigenvalue weighted by Gasteiger charge is 2.23. The predicted molar refractivity (Wildman–Crippen MR) is 116 cm³/mol. The lowest BCUT2D eigenvalue weighted by molar-refractivity contribution is 0.0958. The predicted octanol–water partition coefficient (Wildman–Crippen LogP) is 3.42. The van der Waals surface area contributed by atoms with Gasteiger partial charge in [-0.25, -0.2) is 18.1 Å². The highest BCUT2D eigenvalue weighted by Crippen LogP contribution is 2.22. The lowest BCUT2D eigenvalue weighted by Crippen LogP contribution is -2.29. The molecule has 0 spiro atoms. The monoisotopic (exact) mass is 424 g/mol. The molecule has 0 fully saturated rings. The molecule has 0 radical (unpaired) electrons. The second-order valence-corrected chi connectivity index (χ2v) is 8.37. The van der Waals surface area contributed by atoms with Crippen molar-refractivity contribution in [2.45, 2.75) is 24.3 Å². The smallest absolute Gasteiger partial charge is 0.251 e. The Bertz CT molecular complexity index is 1120. The molecular weight excluding hydrogens is 400 g/mol. The van der Waals surface area contributed by atoms with Crippen LogP contribution in [0.25, 0.3) is 11.3 Å². The number of benzene rings is 2. The van der Waals surface area contributed by atoms with Crippen LogP contribution in [0.1, 0.15) is 35.6 Å². The number of nitrogens with zero attached hydrogens (tertiary/aromatic N) is 1. The second kappa shape index (κ2) is 9.51. The van der Waals surface area contributed by atoms with Gasteiger partial charge in [0, 0.05) is 12.1 Å². The van der Waals surface area contributed by atoms with Crippen molar-refractivity contribution in [2.75, 3.05) is 6.54 Å². The molecule has 3 rings (SSSR count). The number of nitrogens with one attached hydrogen (secondary N) is 3. The molecule has 1 aromatic heterocycles. The lowest BCUT2D eigenvalue weighted by Gasteiger charge is -2.15. The average Bonchev–Trinajstić information content (AvgIpc) is 3.26. The molecule has 1 heterocycles. The van der Waals surface area contributed by atoms with Crippen LogP contribution in [0.2, 0.25) is 0 Å². The average molecular weight is 425 g/mol. The molecule has 0 bridgehead atoms. The Morgan fingerprint density at radius 3 is 2.67 bits per heavy atom. The van der Waals surface area contributed by atoms with Crippen LogP contribution < -0.4 is 10.0 Å². The summed E-state index contributed by atoms with van der Waals surface area (Å²) in [5.74, 6) is 0.164. The Morgan fingerprint density at radius 1 is 1.20 bits per heavy atom. The number of rotatable bonds is 9. The Hall–Kier alpha value is -3.23. The van der Waals surface area contributed by atoms with Gasteiger partial charge in [-0.3, -0.25) is 4.79 Å². The van der Waals surface area contributed by atoms with Gasteiger partial charge >= 0.3 is 0 Å². The third kappa shape index (κ3) is 5.03. The van der Waals surface area contributed by atoms with Crippen LogP contribution in [0.15, 0.2) is 78.3 Å². The van der Waals surface area contributed by atoms with Crippen LogP contribution >= 0.6 is 0 Å². The molecule has 7 nitrogen and oxygen atoms in total. The van der Waals surface area contributed by atoms with Gasteiger partial charge in [0.1, 0.15) is 5.82 Å². The topological polar surface area (TPSA) is 104 Å². The van der Waals surface area contributed by atoms with Gasteiger partial charge in [-0.05, 0) is 30.2 Å². The third-order valence-corrected chi connectivity index (χ3v) is 6.00. The molecule has 156 valence electrons. The summed E-state index contributed by atoms with van der Waals surface area (Å²) in [7, 11) is -3.86. The number of imidazole rings is 1. The van der Waals surface area contributed by atoms with Crippen molar-refractivity contribution >= 4 is 15.9 Å². The quantitative estimate of drug-likeness (QED) is 0.458. The maximum Gasteiger partial charge on any atom is 0.251 e. The van der Waals surface area contributed by atoms with E-state index in [0.29, 0.717) is 18.8 Å². The Balaban J connectivity index is 1.81. The number of sulfonamides is 1. The zero-order valence-corrected chi connectivity index (χ0v) is 17.4. The van der Waals surface area contributed by atoms with E-state index >= 15 is 0 Å². The number of hydrogen-bond acceptors (Lipinski definition) is 4. The molecular formula is C22H24N4O3S. The minimum atomic E-state index is -3.86. The highest BCUT2D eigenvalue weighted by atomic mass is 32.2. The van der Waals surface area contributed by atoms with Crippen molar-refractivity contribution in [3.63, 3.8) is 0 Å². The van der Waals surface area contributed by atoms with E-state index in [4.69, 9.17) is 0 Å². The normalized spacial score (nSPS) is 12.3. The maximum atomic E-state index is 12.9. The van der Waals surface area contributed by atoms with Gasteiger partial charge in [-0.2, -0.15) is 0 Å². The van der Waals surface area contributed by atoms with E-state index in [-0.39, 0.29) is 16.4 Å². The summed E-state index contributed by atoms with van der Waals surface area (Å²) in [6.45, 7) is 5.72. The maximum absolute atomic E-state index is 12.9. The zero-order valence-electron chi connectivity index (χ0n) is 16.6. The zero-order chi connectivity index (χ0) is 21.6. The van der Waals surface area contributed by atoms with Crippen LogP contribution in [-0.4, -0.2) is 30.8 Å². The van der Waals surface area contributed by atoms with E-state index in [1.165, 1.54) is 12.1 Å². The van der Waals surface area contributed by atoms with Crippen molar-refractivity contribution in [1.29, 1.82) is 0 Å². The molecule has 30 heavy (non-hydrogen) atoms. The molecule has 3 aromatic rings.